The van der Waals surface area contributed by atoms with Gasteiger partial charge in [-0.05, 0) is 26.1 Å². The predicted octanol–water partition coefficient (Wildman–Crippen LogP) is 2.42. The van der Waals surface area contributed by atoms with Crippen molar-refractivity contribution in [1.29, 1.82) is 0 Å². The van der Waals surface area contributed by atoms with E-state index in [-0.39, 0.29) is 5.91 Å². The lowest BCUT2D eigenvalue weighted by atomic mass is 10.1. The third-order valence-electron chi connectivity index (χ3n) is 3.15. The first-order chi connectivity index (χ1) is 8.56. The van der Waals surface area contributed by atoms with Crippen LogP contribution < -0.4 is 5.32 Å². The Balaban J connectivity index is 2.46. The van der Waals surface area contributed by atoms with Gasteiger partial charge in [0, 0.05) is 12.6 Å². The molecule has 100 valence electrons. The van der Waals surface area contributed by atoms with E-state index < -0.39 is 5.38 Å². The number of hydrogen-bond donors (Lipinski definition) is 1. The van der Waals surface area contributed by atoms with E-state index in [9.17, 15) is 4.79 Å². The van der Waals surface area contributed by atoms with Crippen molar-refractivity contribution in [3.8, 4) is 0 Å². The fourth-order valence-electron chi connectivity index (χ4n) is 1.58. The van der Waals surface area contributed by atoms with E-state index in [2.05, 4.69) is 24.1 Å². The van der Waals surface area contributed by atoms with Crippen molar-refractivity contribution >= 4 is 17.5 Å². The van der Waals surface area contributed by atoms with E-state index in [0.717, 1.165) is 12.1 Å². The van der Waals surface area contributed by atoms with Crippen LogP contribution in [0.1, 0.15) is 24.8 Å². The minimum absolute atomic E-state index is 0.140. The van der Waals surface area contributed by atoms with Gasteiger partial charge in [-0.15, -0.1) is 11.6 Å². The van der Waals surface area contributed by atoms with Crippen LogP contribution in [0.15, 0.2) is 30.3 Å². The fraction of sp³-hybridized carbons (Fsp3) is 0.500. The summed E-state index contributed by atoms with van der Waals surface area (Å²) in [6.07, 6.45) is 0. The molecule has 0 heterocycles. The molecule has 0 aromatic heterocycles. The van der Waals surface area contributed by atoms with E-state index in [4.69, 9.17) is 11.6 Å². The molecule has 0 aliphatic carbocycles. The highest BCUT2D eigenvalue weighted by atomic mass is 35.5. The van der Waals surface area contributed by atoms with Crippen molar-refractivity contribution in [2.45, 2.75) is 25.3 Å². The Morgan fingerprint density at radius 3 is 2.56 bits per heavy atom. The second kappa shape index (κ2) is 7.39. The van der Waals surface area contributed by atoms with Gasteiger partial charge in [-0.2, -0.15) is 0 Å². The lowest BCUT2D eigenvalue weighted by Crippen LogP contribution is -2.40. The number of likely N-dealkylation sites (N-methyl/N-ethyl adjacent to an activating group) is 1. The molecule has 0 saturated heterocycles. The van der Waals surface area contributed by atoms with Crippen LogP contribution >= 0.6 is 11.6 Å². The van der Waals surface area contributed by atoms with E-state index in [0.29, 0.717) is 12.6 Å². The quantitative estimate of drug-likeness (QED) is 0.804. The number of carbonyl (C=O) groups is 1. The van der Waals surface area contributed by atoms with Crippen LogP contribution in [0.3, 0.4) is 0 Å². The molecular weight excluding hydrogens is 248 g/mol. The highest BCUT2D eigenvalue weighted by Gasteiger charge is 2.18. The summed E-state index contributed by atoms with van der Waals surface area (Å²) in [5.41, 5.74) is 0.827. The first-order valence-corrected chi connectivity index (χ1v) is 6.66. The molecule has 0 radical (unpaired) electrons. The van der Waals surface area contributed by atoms with Gasteiger partial charge in [0.05, 0.1) is 0 Å². The minimum atomic E-state index is -0.620. The summed E-state index contributed by atoms with van der Waals surface area (Å²) in [5, 5.41) is 2.26. The average Bonchev–Trinajstić information content (AvgIpc) is 2.43. The normalized spacial score (nSPS) is 14.3. The number of benzene rings is 1. The van der Waals surface area contributed by atoms with Crippen molar-refractivity contribution in [3.63, 3.8) is 0 Å². The molecule has 18 heavy (non-hydrogen) atoms. The number of amides is 1. The monoisotopic (exact) mass is 268 g/mol. The van der Waals surface area contributed by atoms with E-state index >= 15 is 0 Å². The molecule has 0 saturated carbocycles. The molecule has 0 fully saturated rings. The molecule has 1 aromatic rings. The SMILES string of the molecule is CCN(C)C(C)CNC(=O)C(Cl)c1ccccc1. The fourth-order valence-corrected chi connectivity index (χ4v) is 1.80. The predicted molar refractivity (Wildman–Crippen MR) is 75.8 cm³/mol. The molecule has 0 aliphatic heterocycles. The van der Waals surface area contributed by atoms with Crippen LogP contribution in [0.25, 0.3) is 0 Å². The number of halogens is 1. The van der Waals surface area contributed by atoms with Gasteiger partial charge >= 0.3 is 0 Å². The number of rotatable bonds is 6. The van der Waals surface area contributed by atoms with Gasteiger partial charge in [0.1, 0.15) is 5.38 Å². The summed E-state index contributed by atoms with van der Waals surface area (Å²) >= 11 is 6.13. The Morgan fingerprint density at radius 2 is 2.00 bits per heavy atom. The first-order valence-electron chi connectivity index (χ1n) is 6.23. The van der Waals surface area contributed by atoms with Crippen LogP contribution in [0.5, 0.6) is 0 Å². The summed E-state index contributed by atoms with van der Waals surface area (Å²) in [7, 11) is 2.03. The van der Waals surface area contributed by atoms with Gasteiger partial charge in [-0.25, -0.2) is 0 Å². The van der Waals surface area contributed by atoms with Crippen LogP contribution in [-0.4, -0.2) is 37.0 Å². The minimum Gasteiger partial charge on any atom is -0.353 e. The van der Waals surface area contributed by atoms with Gasteiger partial charge in [-0.3, -0.25) is 4.79 Å². The van der Waals surface area contributed by atoms with Crippen LogP contribution in [0.2, 0.25) is 0 Å². The number of alkyl halides is 1. The first kappa shape index (κ1) is 15.0. The van der Waals surface area contributed by atoms with Gasteiger partial charge in [0.25, 0.3) is 0 Å². The Hall–Kier alpha value is -1.06. The lowest BCUT2D eigenvalue weighted by Gasteiger charge is -2.23. The third kappa shape index (κ3) is 4.31. The van der Waals surface area contributed by atoms with Crippen LogP contribution in [0, 0.1) is 0 Å². The molecule has 0 aliphatic rings. The highest BCUT2D eigenvalue weighted by molar-refractivity contribution is 6.30. The molecule has 4 heteroatoms. The molecule has 3 nitrogen and oxygen atoms in total. The molecule has 2 atom stereocenters. The Morgan fingerprint density at radius 1 is 1.39 bits per heavy atom. The van der Waals surface area contributed by atoms with Crippen molar-refractivity contribution in [1.82, 2.24) is 10.2 Å². The summed E-state index contributed by atoms with van der Waals surface area (Å²) in [5.74, 6) is -0.140. The zero-order valence-electron chi connectivity index (χ0n) is 11.2. The third-order valence-corrected chi connectivity index (χ3v) is 3.60. The zero-order chi connectivity index (χ0) is 13.5. The molecular formula is C14H21ClN2O. The molecule has 1 aromatic carbocycles. The van der Waals surface area contributed by atoms with Crippen molar-refractivity contribution in [2.24, 2.45) is 0 Å². The van der Waals surface area contributed by atoms with Gasteiger partial charge < -0.3 is 10.2 Å². The summed E-state index contributed by atoms with van der Waals surface area (Å²) in [6, 6.07) is 9.69. The van der Waals surface area contributed by atoms with Gasteiger partial charge in [-0.1, -0.05) is 37.3 Å². The maximum absolute atomic E-state index is 11.9. The standard InChI is InChI=1S/C14H21ClN2O/c1-4-17(3)11(2)10-16-14(18)13(15)12-8-6-5-7-9-12/h5-9,11,13H,4,10H2,1-3H3,(H,16,18). The van der Waals surface area contributed by atoms with Crippen molar-refractivity contribution < 1.29 is 4.79 Å². The molecule has 1 N–H and O–H groups in total. The molecule has 1 amide bonds. The Kier molecular flexibility index (Phi) is 6.16. The number of hydrogen-bond acceptors (Lipinski definition) is 2. The lowest BCUT2D eigenvalue weighted by molar-refractivity contribution is -0.121. The van der Waals surface area contributed by atoms with Crippen LogP contribution in [-0.2, 0) is 4.79 Å². The van der Waals surface area contributed by atoms with Crippen molar-refractivity contribution in [3.05, 3.63) is 35.9 Å². The molecule has 0 spiro atoms. The van der Waals surface area contributed by atoms with E-state index in [1.54, 1.807) is 0 Å². The Bertz CT molecular complexity index is 369. The maximum Gasteiger partial charge on any atom is 0.242 e. The number of nitrogens with zero attached hydrogens (tertiary/aromatic N) is 1. The second-order valence-electron chi connectivity index (χ2n) is 4.44. The summed E-state index contributed by atoms with van der Waals surface area (Å²) in [6.45, 7) is 5.74. The topological polar surface area (TPSA) is 32.3 Å². The number of carbonyl (C=O) groups excluding carboxylic acids is 1. The van der Waals surface area contributed by atoms with E-state index in [1.165, 1.54) is 0 Å². The number of nitrogens with one attached hydrogen (secondary N) is 1. The molecule has 2 unspecified atom stereocenters. The smallest absolute Gasteiger partial charge is 0.242 e. The average molecular weight is 269 g/mol. The zero-order valence-corrected chi connectivity index (χ0v) is 11.9. The maximum atomic E-state index is 11.9. The highest BCUT2D eigenvalue weighted by Crippen LogP contribution is 2.19. The largest absolute Gasteiger partial charge is 0.353 e. The summed E-state index contributed by atoms with van der Waals surface area (Å²) < 4.78 is 0. The second-order valence-corrected chi connectivity index (χ2v) is 4.88. The summed E-state index contributed by atoms with van der Waals surface area (Å²) in [4.78, 5) is 14.1. The molecule has 0 bridgehead atoms. The van der Waals surface area contributed by atoms with Gasteiger partial charge in [0.2, 0.25) is 5.91 Å². The van der Waals surface area contributed by atoms with Crippen LogP contribution in [0.4, 0.5) is 0 Å². The van der Waals surface area contributed by atoms with Gasteiger partial charge in [0.15, 0.2) is 0 Å². The van der Waals surface area contributed by atoms with Crippen molar-refractivity contribution in [2.75, 3.05) is 20.1 Å². The van der Waals surface area contributed by atoms with E-state index in [1.807, 2.05) is 37.4 Å². The molecule has 1 rings (SSSR count). The Labute approximate surface area is 114 Å².